The van der Waals surface area contributed by atoms with Crippen LogP contribution in [0.4, 0.5) is 0 Å². The summed E-state index contributed by atoms with van der Waals surface area (Å²) in [5.41, 5.74) is 3.69. The van der Waals surface area contributed by atoms with Crippen molar-refractivity contribution in [2.45, 2.75) is 52.6 Å². The number of hydrogen-bond donors (Lipinski definition) is 1. The molecular formula is C20H25N3O2. The average Bonchev–Trinajstić information content (AvgIpc) is 3.33. The summed E-state index contributed by atoms with van der Waals surface area (Å²) >= 11 is 0. The molecule has 132 valence electrons. The number of pyridine rings is 1. The largest absolute Gasteiger partial charge is 0.387 e. The Morgan fingerprint density at radius 2 is 2.00 bits per heavy atom. The second-order valence-corrected chi connectivity index (χ2v) is 7.48. The third-order valence-electron chi connectivity index (χ3n) is 5.61. The summed E-state index contributed by atoms with van der Waals surface area (Å²) in [5, 5.41) is 19.5. The highest BCUT2D eigenvalue weighted by Crippen LogP contribution is 2.54. The van der Waals surface area contributed by atoms with Gasteiger partial charge in [-0.15, -0.1) is 0 Å². The first-order valence-electron chi connectivity index (χ1n) is 8.92. The number of nitrogens with zero attached hydrogens (tertiary/aromatic N) is 3. The number of allylic oxidation sites excluding steroid dienone is 1. The molecule has 0 amide bonds. The maximum Gasteiger partial charge on any atom is 0.172 e. The Morgan fingerprint density at radius 1 is 1.36 bits per heavy atom. The summed E-state index contributed by atoms with van der Waals surface area (Å²) < 4.78 is 0. The van der Waals surface area contributed by atoms with Crippen LogP contribution < -0.4 is 0 Å². The molecule has 2 heterocycles. The van der Waals surface area contributed by atoms with Crippen molar-refractivity contribution < 1.29 is 9.90 Å². The predicted molar refractivity (Wildman–Crippen MR) is 95.3 cm³/mol. The lowest BCUT2D eigenvalue weighted by Gasteiger charge is -2.36. The molecule has 1 N–H and O–H groups in total. The van der Waals surface area contributed by atoms with Crippen LogP contribution in [0, 0.1) is 23.7 Å². The molecule has 1 aliphatic carbocycles. The lowest BCUT2D eigenvalue weighted by atomic mass is 9.91. The Bertz CT molecular complexity index is 760. The summed E-state index contributed by atoms with van der Waals surface area (Å²) in [6, 6.07) is 3.93. The molecule has 5 nitrogen and oxygen atoms in total. The molecule has 2 fully saturated rings. The van der Waals surface area contributed by atoms with E-state index >= 15 is 0 Å². The Kier molecular flexibility index (Phi) is 4.66. The van der Waals surface area contributed by atoms with Gasteiger partial charge >= 0.3 is 0 Å². The lowest BCUT2D eigenvalue weighted by Crippen LogP contribution is -2.34. The number of likely N-dealkylation sites (tertiary alicyclic amines) is 1. The van der Waals surface area contributed by atoms with Crippen LogP contribution in [0.2, 0.25) is 0 Å². The highest BCUT2D eigenvalue weighted by atomic mass is 16.3. The number of aromatic nitrogens is 1. The molecule has 3 rings (SSSR count). The van der Waals surface area contributed by atoms with Gasteiger partial charge in [0.2, 0.25) is 0 Å². The minimum absolute atomic E-state index is 0.192. The van der Waals surface area contributed by atoms with Gasteiger partial charge in [0, 0.05) is 24.8 Å². The van der Waals surface area contributed by atoms with E-state index in [9.17, 15) is 15.2 Å². The highest BCUT2D eigenvalue weighted by molar-refractivity contribution is 6.04. The predicted octanol–water partition coefficient (Wildman–Crippen LogP) is 3.14. The molecule has 1 spiro atoms. The Morgan fingerprint density at radius 3 is 2.48 bits per heavy atom. The molecule has 1 aromatic rings. The molecule has 0 aromatic carbocycles. The second kappa shape index (κ2) is 6.61. The van der Waals surface area contributed by atoms with E-state index in [0.717, 1.165) is 37.1 Å². The second-order valence-electron chi connectivity index (χ2n) is 7.48. The lowest BCUT2D eigenvalue weighted by molar-refractivity contribution is -0.113. The van der Waals surface area contributed by atoms with Crippen LogP contribution in [0.25, 0.3) is 5.70 Å². The number of ketones is 1. The number of piperidine rings is 1. The van der Waals surface area contributed by atoms with Crippen molar-refractivity contribution in [3.8, 4) is 6.07 Å². The zero-order chi connectivity index (χ0) is 18.2. The van der Waals surface area contributed by atoms with Crippen LogP contribution in [0.5, 0.6) is 0 Å². The van der Waals surface area contributed by atoms with Crippen molar-refractivity contribution in [3.05, 3.63) is 34.7 Å². The molecule has 25 heavy (non-hydrogen) atoms. The fraction of sp³-hybridized carbons (Fsp3) is 0.550. The Balaban J connectivity index is 2.08. The van der Waals surface area contributed by atoms with Crippen LogP contribution >= 0.6 is 0 Å². The van der Waals surface area contributed by atoms with Crippen molar-refractivity contribution in [2.24, 2.45) is 5.41 Å². The summed E-state index contributed by atoms with van der Waals surface area (Å²) in [6.07, 6.45) is 5.84. The molecule has 0 radical (unpaired) electrons. The normalized spacial score (nSPS) is 20.7. The quantitative estimate of drug-likeness (QED) is 0.673. The van der Waals surface area contributed by atoms with E-state index in [1.54, 1.807) is 13.1 Å². The fourth-order valence-corrected chi connectivity index (χ4v) is 3.67. The van der Waals surface area contributed by atoms with Gasteiger partial charge in [-0.2, -0.15) is 5.26 Å². The third-order valence-corrected chi connectivity index (χ3v) is 5.61. The molecule has 1 saturated heterocycles. The van der Waals surface area contributed by atoms with Crippen LogP contribution in [-0.2, 0) is 4.79 Å². The molecule has 1 saturated carbocycles. The van der Waals surface area contributed by atoms with Gasteiger partial charge in [-0.1, -0.05) is 0 Å². The number of aryl methyl sites for hydroxylation is 1. The van der Waals surface area contributed by atoms with Crippen LogP contribution in [-0.4, -0.2) is 33.9 Å². The van der Waals surface area contributed by atoms with E-state index in [4.69, 9.17) is 0 Å². The van der Waals surface area contributed by atoms with E-state index in [1.807, 2.05) is 13.0 Å². The van der Waals surface area contributed by atoms with Crippen LogP contribution in [0.15, 0.2) is 17.8 Å². The van der Waals surface area contributed by atoms with E-state index in [1.165, 1.54) is 19.8 Å². The zero-order valence-corrected chi connectivity index (χ0v) is 15.2. The number of hydrogen-bond acceptors (Lipinski definition) is 5. The molecule has 1 aromatic heterocycles. The number of nitriles is 1. The van der Waals surface area contributed by atoms with Crippen molar-refractivity contribution in [1.29, 1.82) is 5.26 Å². The highest BCUT2D eigenvalue weighted by Gasteiger charge is 2.45. The van der Waals surface area contributed by atoms with Gasteiger partial charge in [0.25, 0.3) is 0 Å². The fourth-order valence-electron chi connectivity index (χ4n) is 3.67. The maximum absolute atomic E-state index is 12.1. The minimum atomic E-state index is -0.695. The molecule has 1 aliphatic heterocycles. The molecule has 5 heteroatoms. The molecule has 0 bridgehead atoms. The first-order valence-corrected chi connectivity index (χ1v) is 8.92. The van der Waals surface area contributed by atoms with Crippen molar-refractivity contribution in [3.63, 3.8) is 0 Å². The summed E-state index contributed by atoms with van der Waals surface area (Å²) in [4.78, 5) is 18.6. The SMILES string of the molecule is CC(=O)/C(C#N)=C(\c1cc(C(C)O)ncc1C)N1CCC2(CC1)CC2. The van der Waals surface area contributed by atoms with Gasteiger partial charge < -0.3 is 10.0 Å². The molecule has 1 atom stereocenters. The molecular weight excluding hydrogens is 314 g/mol. The monoisotopic (exact) mass is 339 g/mol. The van der Waals surface area contributed by atoms with E-state index in [2.05, 4.69) is 16.0 Å². The first-order chi connectivity index (χ1) is 11.9. The topological polar surface area (TPSA) is 77.2 Å². The number of aliphatic hydroxyl groups excluding tert-OH is 1. The number of carbonyl (C=O) groups is 1. The van der Waals surface area contributed by atoms with Crippen molar-refractivity contribution >= 4 is 11.5 Å². The first kappa shape index (κ1) is 17.6. The standard InChI is InChI=1S/C20H25N3O2/c1-13-12-22-18(15(3)25)10-16(13)19(17(11-21)14(2)24)23-8-6-20(4-5-20)7-9-23/h10,12,15,25H,4-9H2,1-3H3/b19-17+. The third kappa shape index (κ3) is 3.45. The van der Waals surface area contributed by atoms with Crippen LogP contribution in [0.1, 0.15) is 62.5 Å². The van der Waals surface area contributed by atoms with E-state index in [-0.39, 0.29) is 11.4 Å². The van der Waals surface area contributed by atoms with Gasteiger partial charge in [-0.3, -0.25) is 9.78 Å². The molecule has 2 aliphatic rings. The zero-order valence-electron chi connectivity index (χ0n) is 15.2. The molecule has 1 unspecified atom stereocenters. The summed E-state index contributed by atoms with van der Waals surface area (Å²) in [6.45, 7) is 6.75. The average molecular weight is 339 g/mol. The van der Waals surface area contributed by atoms with Gasteiger partial charge in [-0.25, -0.2) is 0 Å². The Hall–Kier alpha value is -2.19. The summed E-state index contributed by atoms with van der Waals surface area (Å²) in [7, 11) is 0. The van der Waals surface area contributed by atoms with E-state index in [0.29, 0.717) is 16.8 Å². The van der Waals surface area contributed by atoms with Gasteiger partial charge in [-0.05, 0) is 63.5 Å². The minimum Gasteiger partial charge on any atom is -0.387 e. The van der Waals surface area contributed by atoms with Gasteiger partial charge in [0.1, 0.15) is 11.6 Å². The van der Waals surface area contributed by atoms with E-state index < -0.39 is 6.10 Å². The number of carbonyl (C=O) groups excluding carboxylic acids is 1. The Labute approximate surface area is 149 Å². The van der Waals surface area contributed by atoms with Crippen molar-refractivity contribution in [2.75, 3.05) is 13.1 Å². The number of Topliss-reactive ketones (excluding diaryl/α,β-unsaturated/α-hetero) is 1. The van der Waals surface area contributed by atoms with Gasteiger partial charge in [0.15, 0.2) is 5.78 Å². The van der Waals surface area contributed by atoms with Crippen molar-refractivity contribution in [1.82, 2.24) is 9.88 Å². The summed E-state index contributed by atoms with van der Waals surface area (Å²) in [5.74, 6) is -0.223. The number of aliphatic hydroxyl groups is 1. The van der Waals surface area contributed by atoms with Crippen LogP contribution in [0.3, 0.4) is 0 Å². The smallest absolute Gasteiger partial charge is 0.172 e. The number of rotatable bonds is 4. The van der Waals surface area contributed by atoms with Gasteiger partial charge in [0.05, 0.1) is 17.5 Å². The maximum atomic E-state index is 12.1.